The van der Waals surface area contributed by atoms with Gasteiger partial charge < -0.3 is 15.5 Å². The first-order chi connectivity index (χ1) is 14.1. The molecule has 7 heteroatoms. The molecule has 0 bridgehead atoms. The second-order valence-electron chi connectivity index (χ2n) is 6.47. The molecule has 0 saturated carbocycles. The number of hydrogen-bond acceptors (Lipinski definition) is 5. The molecule has 0 radical (unpaired) electrons. The van der Waals surface area contributed by atoms with Crippen molar-refractivity contribution < 1.29 is 4.79 Å². The molecule has 6 nitrogen and oxygen atoms in total. The highest BCUT2D eigenvalue weighted by Gasteiger charge is 2.07. The normalized spacial score (nSPS) is 11.3. The molecule has 0 spiro atoms. The van der Waals surface area contributed by atoms with Crippen LogP contribution in [-0.4, -0.2) is 40.4 Å². The molecule has 0 atom stereocenters. The molecule has 0 aliphatic heterocycles. The molecule has 29 heavy (non-hydrogen) atoms. The zero-order valence-electron chi connectivity index (χ0n) is 16.5. The van der Waals surface area contributed by atoms with Crippen LogP contribution in [0.3, 0.4) is 0 Å². The van der Waals surface area contributed by atoms with Crippen molar-refractivity contribution >= 4 is 49.9 Å². The number of carbonyl (C=O) groups is 1. The van der Waals surface area contributed by atoms with Crippen LogP contribution >= 0.6 is 15.9 Å². The summed E-state index contributed by atoms with van der Waals surface area (Å²) in [6.45, 7) is 6.89. The van der Waals surface area contributed by atoms with E-state index in [9.17, 15) is 4.79 Å². The van der Waals surface area contributed by atoms with Crippen LogP contribution in [0.4, 0.5) is 17.2 Å². The summed E-state index contributed by atoms with van der Waals surface area (Å²) >= 11 is 3.47. The Hall–Kier alpha value is -2.77. The second kappa shape index (κ2) is 10.1. The van der Waals surface area contributed by atoms with Gasteiger partial charge in [0.2, 0.25) is 5.91 Å². The first kappa shape index (κ1) is 21.0. The number of fused-ring (bicyclic) bond motifs is 1. The lowest BCUT2D eigenvalue weighted by Gasteiger charge is -2.14. The van der Waals surface area contributed by atoms with Crippen LogP contribution in [0, 0.1) is 0 Å². The van der Waals surface area contributed by atoms with Gasteiger partial charge in [-0.2, -0.15) is 0 Å². The fourth-order valence-corrected chi connectivity index (χ4v) is 3.31. The monoisotopic (exact) mass is 453 g/mol. The molecule has 1 aromatic heterocycles. The molecule has 2 aromatic carbocycles. The van der Waals surface area contributed by atoms with Gasteiger partial charge in [0, 0.05) is 33.9 Å². The van der Waals surface area contributed by atoms with Crippen molar-refractivity contribution in [2.45, 2.75) is 13.8 Å². The summed E-state index contributed by atoms with van der Waals surface area (Å²) < 4.78 is 0.977. The second-order valence-corrected chi connectivity index (χ2v) is 7.38. The maximum absolute atomic E-state index is 12.3. The lowest BCUT2D eigenvalue weighted by molar-refractivity contribution is -0.111. The molecule has 0 aliphatic carbocycles. The maximum atomic E-state index is 12.3. The predicted molar refractivity (Wildman–Crippen MR) is 123 cm³/mol. The van der Waals surface area contributed by atoms with E-state index in [0.717, 1.165) is 40.7 Å². The average Bonchev–Trinajstić information content (AvgIpc) is 2.72. The fourth-order valence-electron chi connectivity index (χ4n) is 2.91. The maximum Gasteiger partial charge on any atom is 0.248 e. The van der Waals surface area contributed by atoms with Gasteiger partial charge in [0.05, 0.1) is 5.52 Å². The number of amides is 1. The summed E-state index contributed by atoms with van der Waals surface area (Å²) in [5.41, 5.74) is 2.41. The Bertz CT molecular complexity index is 1020. The predicted octanol–water partition coefficient (Wildman–Crippen LogP) is 4.97. The molecule has 1 heterocycles. The van der Waals surface area contributed by atoms with E-state index in [-0.39, 0.29) is 5.91 Å². The quantitative estimate of drug-likeness (QED) is 0.471. The van der Waals surface area contributed by atoms with Crippen molar-refractivity contribution in [1.82, 2.24) is 14.9 Å². The Morgan fingerprint density at radius 2 is 1.93 bits per heavy atom. The van der Waals surface area contributed by atoms with Crippen LogP contribution < -0.4 is 10.6 Å². The molecule has 0 unspecified atom stereocenters. The summed E-state index contributed by atoms with van der Waals surface area (Å²) in [5, 5.41) is 7.05. The number of hydrogen-bond donors (Lipinski definition) is 2. The molecule has 0 saturated heterocycles. The van der Waals surface area contributed by atoms with Gasteiger partial charge in [-0.05, 0) is 49.5 Å². The van der Waals surface area contributed by atoms with Gasteiger partial charge in [0.25, 0.3) is 0 Å². The number of anilines is 3. The van der Waals surface area contributed by atoms with Crippen LogP contribution in [0.1, 0.15) is 13.8 Å². The number of carbonyl (C=O) groups excluding carboxylic acids is 1. The van der Waals surface area contributed by atoms with Crippen LogP contribution in [0.15, 0.2) is 65.4 Å². The number of nitrogens with one attached hydrogen (secondary N) is 2. The van der Waals surface area contributed by atoms with E-state index in [4.69, 9.17) is 0 Å². The number of nitrogens with zero attached hydrogens (tertiary/aromatic N) is 3. The third-order valence-electron chi connectivity index (χ3n) is 4.52. The lowest BCUT2D eigenvalue weighted by Crippen LogP contribution is -2.23. The molecule has 1 amide bonds. The summed E-state index contributed by atoms with van der Waals surface area (Å²) in [5.74, 6) is 0.524. The van der Waals surface area contributed by atoms with Gasteiger partial charge in [-0.3, -0.25) is 4.79 Å². The van der Waals surface area contributed by atoms with Crippen molar-refractivity contribution in [3.63, 3.8) is 0 Å². The van der Waals surface area contributed by atoms with Gasteiger partial charge in [-0.1, -0.05) is 41.9 Å². The average molecular weight is 454 g/mol. The van der Waals surface area contributed by atoms with E-state index >= 15 is 0 Å². The topological polar surface area (TPSA) is 70.2 Å². The lowest BCUT2D eigenvalue weighted by atomic mass is 10.2. The third-order valence-corrected chi connectivity index (χ3v) is 5.01. The largest absolute Gasteiger partial charge is 0.340 e. The highest BCUT2D eigenvalue weighted by atomic mass is 79.9. The van der Waals surface area contributed by atoms with Crippen molar-refractivity contribution in [3.05, 3.63) is 65.4 Å². The highest BCUT2D eigenvalue weighted by Crippen LogP contribution is 2.26. The molecule has 3 aromatic rings. The Labute approximate surface area is 179 Å². The molecular formula is C22H24BrN5O. The smallest absolute Gasteiger partial charge is 0.248 e. The van der Waals surface area contributed by atoms with Crippen LogP contribution in [0.25, 0.3) is 10.9 Å². The first-order valence-electron chi connectivity index (χ1n) is 9.56. The molecule has 3 rings (SSSR count). The minimum atomic E-state index is -0.158. The standard InChI is InChI=1S/C22H24BrN5O/c1-3-28(4-2)12-6-9-21(29)26-18-10-11-20-19(14-18)22(25-15-24-20)27-17-8-5-7-16(23)13-17/h5-11,13-15H,3-4,12H2,1-2H3,(H,26,29)(H,24,25,27). The van der Waals surface area contributed by atoms with Crippen LogP contribution in [-0.2, 0) is 4.79 Å². The zero-order valence-corrected chi connectivity index (χ0v) is 18.1. The van der Waals surface area contributed by atoms with E-state index in [1.165, 1.54) is 6.33 Å². The first-order valence-corrected chi connectivity index (χ1v) is 10.4. The van der Waals surface area contributed by atoms with Gasteiger partial charge in [-0.15, -0.1) is 0 Å². The van der Waals surface area contributed by atoms with E-state index in [0.29, 0.717) is 11.5 Å². The van der Waals surface area contributed by atoms with Crippen molar-refractivity contribution in [2.75, 3.05) is 30.3 Å². The summed E-state index contributed by atoms with van der Waals surface area (Å²) in [6, 6.07) is 13.4. The van der Waals surface area contributed by atoms with E-state index in [2.05, 4.69) is 55.3 Å². The molecule has 0 aliphatic rings. The third kappa shape index (κ3) is 5.85. The summed E-state index contributed by atoms with van der Waals surface area (Å²) in [6.07, 6.45) is 4.98. The van der Waals surface area contributed by atoms with Crippen LogP contribution in [0.2, 0.25) is 0 Å². The van der Waals surface area contributed by atoms with Gasteiger partial charge in [0.1, 0.15) is 12.1 Å². The van der Waals surface area contributed by atoms with Crippen molar-refractivity contribution in [1.29, 1.82) is 0 Å². The SMILES string of the molecule is CCN(CC)CC=CC(=O)Nc1ccc2ncnc(Nc3cccc(Br)c3)c2c1. The van der Waals surface area contributed by atoms with Crippen molar-refractivity contribution in [2.24, 2.45) is 0 Å². The number of halogens is 1. The number of aromatic nitrogens is 2. The molecule has 0 fully saturated rings. The van der Waals surface area contributed by atoms with E-state index in [1.807, 2.05) is 48.5 Å². The van der Waals surface area contributed by atoms with Crippen molar-refractivity contribution in [3.8, 4) is 0 Å². The molecule has 2 N–H and O–H groups in total. The highest BCUT2D eigenvalue weighted by molar-refractivity contribution is 9.10. The number of benzene rings is 2. The Kier molecular flexibility index (Phi) is 7.32. The Morgan fingerprint density at radius 1 is 1.10 bits per heavy atom. The van der Waals surface area contributed by atoms with E-state index in [1.54, 1.807) is 6.08 Å². The van der Waals surface area contributed by atoms with Gasteiger partial charge in [-0.25, -0.2) is 9.97 Å². The number of likely N-dealkylation sites (N-methyl/N-ethyl adjacent to an activating group) is 1. The van der Waals surface area contributed by atoms with Gasteiger partial charge in [0.15, 0.2) is 0 Å². The molecule has 150 valence electrons. The van der Waals surface area contributed by atoms with Crippen LogP contribution in [0.5, 0.6) is 0 Å². The zero-order chi connectivity index (χ0) is 20.6. The minimum Gasteiger partial charge on any atom is -0.340 e. The van der Waals surface area contributed by atoms with Gasteiger partial charge >= 0.3 is 0 Å². The number of rotatable bonds is 8. The van der Waals surface area contributed by atoms with E-state index < -0.39 is 0 Å². The minimum absolute atomic E-state index is 0.158. The summed E-state index contributed by atoms with van der Waals surface area (Å²) in [4.78, 5) is 23.2. The summed E-state index contributed by atoms with van der Waals surface area (Å²) in [7, 11) is 0. The Balaban J connectivity index is 1.76. The molecular weight excluding hydrogens is 430 g/mol. The fraction of sp³-hybridized carbons (Fsp3) is 0.227. The Morgan fingerprint density at radius 3 is 2.69 bits per heavy atom.